The van der Waals surface area contributed by atoms with E-state index in [4.69, 9.17) is 4.74 Å². The number of nitrogens with one attached hydrogen (secondary N) is 2. The van der Waals surface area contributed by atoms with Crippen LogP contribution >= 0.6 is 24.0 Å². The molecule has 0 heterocycles. The average Bonchev–Trinajstić information content (AvgIpc) is 3.32. The van der Waals surface area contributed by atoms with E-state index in [0.717, 1.165) is 19.0 Å². The summed E-state index contributed by atoms with van der Waals surface area (Å²) in [6.07, 6.45) is 2.49. The van der Waals surface area contributed by atoms with Crippen LogP contribution in [0.4, 0.5) is 0 Å². The Morgan fingerprint density at radius 2 is 1.87 bits per heavy atom. The quantitative estimate of drug-likeness (QED) is 0.396. The van der Waals surface area contributed by atoms with Crippen LogP contribution in [-0.2, 0) is 10.2 Å². The van der Waals surface area contributed by atoms with Crippen LogP contribution in [0.2, 0.25) is 0 Å². The number of ether oxygens (including phenoxy) is 1. The number of nitrogens with zero attached hydrogens (tertiary/aromatic N) is 1. The van der Waals surface area contributed by atoms with Gasteiger partial charge < -0.3 is 15.4 Å². The van der Waals surface area contributed by atoms with Crippen molar-refractivity contribution in [1.82, 2.24) is 10.6 Å². The van der Waals surface area contributed by atoms with Crippen LogP contribution in [0.15, 0.2) is 35.3 Å². The highest BCUT2D eigenvalue weighted by Crippen LogP contribution is 2.47. The molecule has 0 spiro atoms. The minimum atomic E-state index is -0.237. The Balaban J connectivity index is 0.00000264. The minimum Gasteiger partial charge on any atom is -0.377 e. The topological polar surface area (TPSA) is 45.7 Å². The lowest BCUT2D eigenvalue weighted by Gasteiger charge is -2.22. The molecule has 2 rings (SSSR count). The first kappa shape index (κ1) is 20.2. The lowest BCUT2D eigenvalue weighted by atomic mass is 9.96. The smallest absolute Gasteiger partial charge is 0.191 e. The zero-order valence-electron chi connectivity index (χ0n) is 14.7. The SMILES string of the molecule is CCNC(=NCC(C)(C)OC)NCC1(c2ccccc2)CC1.I. The normalized spacial score (nSPS) is 16.4. The molecule has 1 aromatic carbocycles. The standard InChI is InChI=1S/C18H29N3O.HI/c1-5-19-16(20-13-17(2,3)22-4)21-14-18(11-12-18)15-9-7-6-8-10-15;/h6-10H,5,11-14H2,1-4H3,(H2,19,20,21);1H. The second kappa shape index (κ2) is 8.87. The lowest BCUT2D eigenvalue weighted by Crippen LogP contribution is -2.42. The van der Waals surface area contributed by atoms with E-state index in [1.807, 2.05) is 13.8 Å². The summed E-state index contributed by atoms with van der Waals surface area (Å²) < 4.78 is 5.43. The summed E-state index contributed by atoms with van der Waals surface area (Å²) in [5.41, 5.74) is 1.48. The van der Waals surface area contributed by atoms with Crippen molar-refractivity contribution in [3.8, 4) is 0 Å². The van der Waals surface area contributed by atoms with E-state index in [2.05, 4.69) is 52.9 Å². The molecule has 0 atom stereocenters. The van der Waals surface area contributed by atoms with Gasteiger partial charge in [0, 0.05) is 25.6 Å². The van der Waals surface area contributed by atoms with Crippen LogP contribution in [-0.4, -0.2) is 38.3 Å². The van der Waals surface area contributed by atoms with Crippen LogP contribution in [0.5, 0.6) is 0 Å². The highest BCUT2D eigenvalue weighted by molar-refractivity contribution is 14.0. The minimum absolute atomic E-state index is 0. The number of methoxy groups -OCH3 is 1. The van der Waals surface area contributed by atoms with Gasteiger partial charge in [-0.05, 0) is 39.2 Å². The molecular formula is C18H30IN3O. The number of guanidine groups is 1. The van der Waals surface area contributed by atoms with Gasteiger partial charge in [0.15, 0.2) is 5.96 Å². The number of hydrogen-bond donors (Lipinski definition) is 2. The predicted octanol–water partition coefficient (Wildman–Crippen LogP) is 3.32. The Hall–Kier alpha value is -0.820. The molecule has 0 aromatic heterocycles. The molecule has 23 heavy (non-hydrogen) atoms. The molecule has 0 radical (unpaired) electrons. The van der Waals surface area contributed by atoms with Crippen LogP contribution in [0.3, 0.4) is 0 Å². The van der Waals surface area contributed by atoms with Crippen molar-refractivity contribution >= 4 is 29.9 Å². The van der Waals surface area contributed by atoms with Crippen LogP contribution < -0.4 is 10.6 Å². The molecule has 0 amide bonds. The Morgan fingerprint density at radius 3 is 2.39 bits per heavy atom. The first-order chi connectivity index (χ1) is 10.5. The molecule has 0 aliphatic heterocycles. The number of rotatable bonds is 7. The van der Waals surface area contributed by atoms with Gasteiger partial charge in [0.05, 0.1) is 12.1 Å². The zero-order chi connectivity index (χ0) is 16.1. The van der Waals surface area contributed by atoms with Gasteiger partial charge in [0.1, 0.15) is 0 Å². The Morgan fingerprint density at radius 1 is 1.22 bits per heavy atom. The van der Waals surface area contributed by atoms with Gasteiger partial charge in [-0.2, -0.15) is 0 Å². The number of halogens is 1. The summed E-state index contributed by atoms with van der Waals surface area (Å²) in [5, 5.41) is 6.82. The summed E-state index contributed by atoms with van der Waals surface area (Å²) in [4.78, 5) is 4.65. The Bertz CT molecular complexity index is 498. The van der Waals surface area contributed by atoms with Crippen LogP contribution in [0, 0.1) is 0 Å². The fourth-order valence-corrected chi connectivity index (χ4v) is 2.44. The predicted molar refractivity (Wildman–Crippen MR) is 108 cm³/mol. The summed E-state index contributed by atoms with van der Waals surface area (Å²) in [6.45, 7) is 8.60. The zero-order valence-corrected chi connectivity index (χ0v) is 17.0. The van der Waals surface area contributed by atoms with E-state index >= 15 is 0 Å². The van der Waals surface area contributed by atoms with Gasteiger partial charge >= 0.3 is 0 Å². The van der Waals surface area contributed by atoms with E-state index in [1.165, 1.54) is 18.4 Å². The fraction of sp³-hybridized carbons (Fsp3) is 0.611. The third-order valence-electron chi connectivity index (χ3n) is 4.35. The summed E-state index contributed by atoms with van der Waals surface area (Å²) in [7, 11) is 1.73. The second-order valence-electron chi connectivity index (χ2n) is 6.66. The largest absolute Gasteiger partial charge is 0.377 e. The molecule has 1 fully saturated rings. The van der Waals surface area contributed by atoms with Crippen LogP contribution in [0.25, 0.3) is 0 Å². The van der Waals surface area contributed by atoms with Gasteiger partial charge in [-0.3, -0.25) is 4.99 Å². The maximum absolute atomic E-state index is 5.43. The van der Waals surface area contributed by atoms with Gasteiger partial charge in [-0.15, -0.1) is 24.0 Å². The molecule has 1 aliphatic rings. The van der Waals surface area contributed by atoms with Crippen molar-refractivity contribution in [2.75, 3.05) is 26.7 Å². The molecule has 1 saturated carbocycles. The third kappa shape index (κ3) is 5.95. The number of hydrogen-bond acceptors (Lipinski definition) is 2. The molecule has 0 unspecified atom stereocenters. The summed E-state index contributed by atoms with van der Waals surface area (Å²) in [6, 6.07) is 10.8. The van der Waals surface area contributed by atoms with Crippen molar-refractivity contribution in [3.63, 3.8) is 0 Å². The van der Waals surface area contributed by atoms with Gasteiger partial charge in [-0.1, -0.05) is 30.3 Å². The average molecular weight is 431 g/mol. The Labute approximate surface area is 157 Å². The summed E-state index contributed by atoms with van der Waals surface area (Å²) in [5.74, 6) is 0.870. The van der Waals surface area contributed by atoms with E-state index in [-0.39, 0.29) is 35.0 Å². The van der Waals surface area contributed by atoms with Gasteiger partial charge in [0.25, 0.3) is 0 Å². The maximum Gasteiger partial charge on any atom is 0.191 e. The Kier molecular flexibility index (Phi) is 7.80. The van der Waals surface area contributed by atoms with Crippen molar-refractivity contribution in [2.24, 2.45) is 4.99 Å². The van der Waals surface area contributed by atoms with E-state index in [0.29, 0.717) is 6.54 Å². The second-order valence-corrected chi connectivity index (χ2v) is 6.66. The van der Waals surface area contributed by atoms with Gasteiger partial charge in [0.2, 0.25) is 0 Å². The van der Waals surface area contributed by atoms with Crippen molar-refractivity contribution < 1.29 is 4.74 Å². The molecule has 1 aromatic rings. The first-order valence-electron chi connectivity index (χ1n) is 8.14. The number of benzene rings is 1. The van der Waals surface area contributed by atoms with Crippen LogP contribution in [0.1, 0.15) is 39.2 Å². The van der Waals surface area contributed by atoms with E-state index in [1.54, 1.807) is 7.11 Å². The fourth-order valence-electron chi connectivity index (χ4n) is 2.44. The van der Waals surface area contributed by atoms with Crippen molar-refractivity contribution in [2.45, 2.75) is 44.6 Å². The molecule has 1 aliphatic carbocycles. The van der Waals surface area contributed by atoms with Gasteiger partial charge in [-0.25, -0.2) is 0 Å². The lowest BCUT2D eigenvalue weighted by molar-refractivity contribution is 0.0310. The molecule has 0 saturated heterocycles. The molecule has 0 bridgehead atoms. The first-order valence-corrected chi connectivity index (χ1v) is 8.14. The maximum atomic E-state index is 5.43. The van der Waals surface area contributed by atoms with Crippen molar-refractivity contribution in [3.05, 3.63) is 35.9 Å². The molecule has 4 nitrogen and oxygen atoms in total. The summed E-state index contributed by atoms with van der Waals surface area (Å²) >= 11 is 0. The molecular weight excluding hydrogens is 401 g/mol. The number of aliphatic imine (C=N–C) groups is 1. The third-order valence-corrected chi connectivity index (χ3v) is 4.35. The van der Waals surface area contributed by atoms with E-state index < -0.39 is 0 Å². The highest BCUT2D eigenvalue weighted by Gasteiger charge is 2.44. The van der Waals surface area contributed by atoms with E-state index in [9.17, 15) is 0 Å². The molecule has 2 N–H and O–H groups in total. The highest BCUT2D eigenvalue weighted by atomic mass is 127. The molecule has 130 valence electrons. The monoisotopic (exact) mass is 431 g/mol. The molecule has 5 heteroatoms. The van der Waals surface area contributed by atoms with Crippen molar-refractivity contribution in [1.29, 1.82) is 0 Å².